The van der Waals surface area contributed by atoms with Crippen LogP contribution in [0.3, 0.4) is 0 Å². The SMILES string of the molecule is O=C(CCCOc1ccccc1)N1CCCN(C(=O)CN2C(=O)c3ccccc3C2=O)CC1. The van der Waals surface area contributed by atoms with Gasteiger partial charge in [-0.3, -0.25) is 24.1 Å². The summed E-state index contributed by atoms with van der Waals surface area (Å²) in [5.41, 5.74) is 0.665. The Morgan fingerprint density at radius 1 is 0.758 bits per heavy atom. The smallest absolute Gasteiger partial charge is 0.262 e. The average Bonchev–Trinajstić information content (AvgIpc) is 3.01. The summed E-state index contributed by atoms with van der Waals surface area (Å²) in [4.78, 5) is 54.9. The van der Waals surface area contributed by atoms with E-state index in [1.807, 2.05) is 30.3 Å². The van der Waals surface area contributed by atoms with Gasteiger partial charge in [0.15, 0.2) is 0 Å². The predicted molar refractivity (Wildman–Crippen MR) is 121 cm³/mol. The van der Waals surface area contributed by atoms with Crippen LogP contribution >= 0.6 is 0 Å². The number of benzene rings is 2. The number of ether oxygens (including phenoxy) is 1. The van der Waals surface area contributed by atoms with Gasteiger partial charge in [0.25, 0.3) is 11.8 Å². The van der Waals surface area contributed by atoms with Crippen LogP contribution < -0.4 is 4.74 Å². The molecule has 0 N–H and O–H groups in total. The summed E-state index contributed by atoms with van der Waals surface area (Å²) in [6, 6.07) is 16.1. The number of nitrogens with zero attached hydrogens (tertiary/aromatic N) is 3. The van der Waals surface area contributed by atoms with Crippen molar-refractivity contribution in [3.63, 3.8) is 0 Å². The van der Waals surface area contributed by atoms with Gasteiger partial charge in [0.1, 0.15) is 12.3 Å². The van der Waals surface area contributed by atoms with Gasteiger partial charge >= 0.3 is 0 Å². The van der Waals surface area contributed by atoms with Gasteiger partial charge in [-0.05, 0) is 37.1 Å². The Morgan fingerprint density at radius 3 is 1.97 bits per heavy atom. The van der Waals surface area contributed by atoms with Crippen LogP contribution in [0.1, 0.15) is 40.0 Å². The first-order valence-corrected chi connectivity index (χ1v) is 11.2. The maximum Gasteiger partial charge on any atom is 0.262 e. The van der Waals surface area contributed by atoms with Gasteiger partial charge in [-0.1, -0.05) is 30.3 Å². The fourth-order valence-electron chi connectivity index (χ4n) is 4.12. The lowest BCUT2D eigenvalue weighted by atomic mass is 10.1. The topological polar surface area (TPSA) is 87.2 Å². The Kier molecular flexibility index (Phi) is 7.02. The molecule has 0 aliphatic carbocycles. The predicted octanol–water partition coefficient (Wildman–Crippen LogP) is 2.20. The Morgan fingerprint density at radius 2 is 1.33 bits per heavy atom. The lowest BCUT2D eigenvalue weighted by molar-refractivity contribution is -0.133. The normalized spacial score (nSPS) is 15.9. The van der Waals surface area contributed by atoms with E-state index in [1.54, 1.807) is 34.1 Å². The molecule has 2 aliphatic heterocycles. The summed E-state index contributed by atoms with van der Waals surface area (Å²) in [7, 11) is 0. The molecule has 2 aliphatic rings. The van der Waals surface area contributed by atoms with Crippen LogP contribution in [0.15, 0.2) is 54.6 Å². The minimum atomic E-state index is -0.437. The zero-order chi connectivity index (χ0) is 23.2. The van der Waals surface area contributed by atoms with Gasteiger partial charge in [0, 0.05) is 32.6 Å². The Bertz CT molecular complexity index is 1000. The summed E-state index contributed by atoms with van der Waals surface area (Å²) in [5, 5.41) is 0. The van der Waals surface area contributed by atoms with Crippen LogP contribution in [0.2, 0.25) is 0 Å². The number of imide groups is 1. The first-order chi connectivity index (χ1) is 16.0. The number of para-hydroxylation sites is 1. The fourth-order valence-corrected chi connectivity index (χ4v) is 4.12. The minimum Gasteiger partial charge on any atom is -0.494 e. The summed E-state index contributed by atoms with van der Waals surface area (Å²) in [5.74, 6) is -0.329. The molecular weight excluding hydrogens is 422 g/mol. The van der Waals surface area contributed by atoms with Crippen LogP contribution in [0, 0.1) is 0 Å². The van der Waals surface area contributed by atoms with Gasteiger partial charge in [0.2, 0.25) is 11.8 Å². The van der Waals surface area contributed by atoms with E-state index in [2.05, 4.69) is 0 Å². The zero-order valence-electron chi connectivity index (χ0n) is 18.4. The summed E-state index contributed by atoms with van der Waals surface area (Å²) in [6.45, 7) is 2.07. The molecule has 2 aromatic carbocycles. The van der Waals surface area contributed by atoms with Crippen molar-refractivity contribution in [2.75, 3.05) is 39.3 Å². The summed E-state index contributed by atoms with van der Waals surface area (Å²) < 4.78 is 5.64. The second-order valence-electron chi connectivity index (χ2n) is 8.12. The van der Waals surface area contributed by atoms with Gasteiger partial charge in [-0.25, -0.2) is 0 Å². The van der Waals surface area contributed by atoms with E-state index in [-0.39, 0.29) is 18.4 Å². The highest BCUT2D eigenvalue weighted by Gasteiger charge is 2.37. The van der Waals surface area contributed by atoms with Crippen LogP contribution in [-0.4, -0.2) is 77.7 Å². The van der Waals surface area contributed by atoms with Crippen molar-refractivity contribution in [1.29, 1.82) is 0 Å². The third-order valence-electron chi connectivity index (χ3n) is 5.92. The first-order valence-electron chi connectivity index (χ1n) is 11.2. The van der Waals surface area contributed by atoms with Crippen molar-refractivity contribution >= 4 is 23.6 Å². The van der Waals surface area contributed by atoms with Crippen molar-refractivity contribution in [1.82, 2.24) is 14.7 Å². The van der Waals surface area contributed by atoms with Crippen LogP contribution in [0.4, 0.5) is 0 Å². The molecule has 8 heteroatoms. The highest BCUT2D eigenvalue weighted by atomic mass is 16.5. The Balaban J connectivity index is 1.23. The van der Waals surface area contributed by atoms with E-state index in [0.717, 1.165) is 10.6 Å². The molecule has 0 aromatic heterocycles. The monoisotopic (exact) mass is 449 g/mol. The van der Waals surface area contributed by atoms with E-state index in [1.165, 1.54) is 0 Å². The molecule has 0 unspecified atom stereocenters. The Labute approximate surface area is 192 Å². The number of rotatable bonds is 7. The molecule has 8 nitrogen and oxygen atoms in total. The van der Waals surface area contributed by atoms with E-state index < -0.39 is 11.8 Å². The molecule has 0 spiro atoms. The molecule has 172 valence electrons. The molecule has 0 atom stereocenters. The second kappa shape index (κ2) is 10.3. The molecule has 0 bridgehead atoms. The van der Waals surface area contributed by atoms with Crippen molar-refractivity contribution in [3.05, 3.63) is 65.7 Å². The molecule has 0 radical (unpaired) electrons. The molecule has 1 saturated heterocycles. The number of hydrogen-bond donors (Lipinski definition) is 0. The lowest BCUT2D eigenvalue weighted by Crippen LogP contribution is -2.44. The molecule has 1 fully saturated rings. The molecule has 33 heavy (non-hydrogen) atoms. The number of fused-ring (bicyclic) bond motifs is 1. The number of amides is 4. The van der Waals surface area contributed by atoms with Crippen molar-refractivity contribution in [2.24, 2.45) is 0 Å². The van der Waals surface area contributed by atoms with Gasteiger partial charge in [0.05, 0.1) is 17.7 Å². The zero-order valence-corrected chi connectivity index (χ0v) is 18.4. The van der Waals surface area contributed by atoms with Gasteiger partial charge in [-0.2, -0.15) is 0 Å². The van der Waals surface area contributed by atoms with E-state index in [4.69, 9.17) is 4.74 Å². The standard InChI is InChI=1S/C25H27N3O5/c29-22(12-6-17-33-19-8-2-1-3-9-19)26-13-7-14-27(16-15-26)23(30)18-28-24(31)20-10-4-5-11-21(20)25(28)32/h1-5,8-11H,6-7,12-18H2. The maximum atomic E-state index is 12.8. The highest BCUT2D eigenvalue weighted by Crippen LogP contribution is 2.22. The molecule has 0 saturated carbocycles. The number of carbonyl (C=O) groups excluding carboxylic acids is 4. The largest absolute Gasteiger partial charge is 0.494 e. The number of carbonyl (C=O) groups is 4. The summed E-state index contributed by atoms with van der Waals surface area (Å²) >= 11 is 0. The van der Waals surface area contributed by atoms with Crippen molar-refractivity contribution in [2.45, 2.75) is 19.3 Å². The molecular formula is C25H27N3O5. The van der Waals surface area contributed by atoms with Crippen molar-refractivity contribution < 1.29 is 23.9 Å². The third kappa shape index (κ3) is 5.22. The third-order valence-corrected chi connectivity index (χ3v) is 5.92. The molecule has 4 amide bonds. The molecule has 4 rings (SSSR count). The number of hydrogen-bond acceptors (Lipinski definition) is 5. The van der Waals surface area contributed by atoms with Gasteiger partial charge < -0.3 is 14.5 Å². The summed E-state index contributed by atoms with van der Waals surface area (Å²) in [6.07, 6.45) is 1.66. The van der Waals surface area contributed by atoms with E-state index in [9.17, 15) is 19.2 Å². The molecule has 2 heterocycles. The highest BCUT2D eigenvalue weighted by molar-refractivity contribution is 6.22. The van der Waals surface area contributed by atoms with Crippen LogP contribution in [0.25, 0.3) is 0 Å². The first kappa shape index (κ1) is 22.5. The van der Waals surface area contributed by atoms with Crippen LogP contribution in [0.5, 0.6) is 5.75 Å². The maximum absolute atomic E-state index is 12.8. The molecule has 2 aromatic rings. The van der Waals surface area contributed by atoms with E-state index >= 15 is 0 Å². The van der Waals surface area contributed by atoms with Gasteiger partial charge in [-0.15, -0.1) is 0 Å². The van der Waals surface area contributed by atoms with E-state index in [0.29, 0.717) is 63.2 Å². The lowest BCUT2D eigenvalue weighted by Gasteiger charge is -2.24. The van der Waals surface area contributed by atoms with Crippen LogP contribution in [-0.2, 0) is 9.59 Å². The fraction of sp³-hybridized carbons (Fsp3) is 0.360. The Hall–Kier alpha value is -3.68. The minimum absolute atomic E-state index is 0.0429. The quantitative estimate of drug-likeness (QED) is 0.478. The average molecular weight is 450 g/mol. The second-order valence-corrected chi connectivity index (χ2v) is 8.12. The van der Waals surface area contributed by atoms with Crippen molar-refractivity contribution in [3.8, 4) is 5.75 Å².